The van der Waals surface area contributed by atoms with Gasteiger partial charge in [0, 0.05) is 16.6 Å². The quantitative estimate of drug-likeness (QED) is 0.470. The van der Waals surface area contributed by atoms with Crippen LogP contribution < -0.4 is 4.90 Å². The molecule has 1 fully saturated rings. The number of hydrogen-bond donors (Lipinski definition) is 0. The number of carbonyl (C=O) groups excluding carboxylic acids is 3. The van der Waals surface area contributed by atoms with Crippen LogP contribution in [0.5, 0.6) is 0 Å². The molecule has 0 spiro atoms. The average molecular weight is 473 g/mol. The maximum atomic E-state index is 13.2. The van der Waals surface area contributed by atoms with Crippen LogP contribution in [0, 0.1) is 0 Å². The molecule has 1 saturated heterocycles. The van der Waals surface area contributed by atoms with Gasteiger partial charge >= 0.3 is 0 Å². The summed E-state index contributed by atoms with van der Waals surface area (Å²) in [6, 6.07) is 16.5. The van der Waals surface area contributed by atoms with Crippen LogP contribution in [0.3, 0.4) is 0 Å². The lowest BCUT2D eigenvalue weighted by Crippen LogP contribution is -2.46. The normalized spacial score (nSPS) is 16.1. The lowest BCUT2D eigenvalue weighted by Gasteiger charge is -2.27. The van der Waals surface area contributed by atoms with Crippen LogP contribution >= 0.6 is 34.5 Å². The van der Waals surface area contributed by atoms with Crippen molar-refractivity contribution in [3.8, 4) is 0 Å². The van der Waals surface area contributed by atoms with E-state index in [0.717, 1.165) is 10.5 Å². The maximum Gasteiger partial charge on any atom is 0.264 e. The first kappa shape index (κ1) is 21.6. The van der Waals surface area contributed by atoms with Gasteiger partial charge < -0.3 is 4.90 Å². The number of carbonyl (C=O) groups is 3. The lowest BCUT2D eigenvalue weighted by molar-refractivity contribution is -0.122. The summed E-state index contributed by atoms with van der Waals surface area (Å²) in [5.41, 5.74) is 1.39. The third-order valence-electron chi connectivity index (χ3n) is 5.11. The van der Waals surface area contributed by atoms with Gasteiger partial charge in [-0.15, -0.1) is 11.3 Å². The predicted molar refractivity (Wildman–Crippen MR) is 123 cm³/mol. The molecule has 5 nitrogen and oxygen atoms in total. The Hall–Kier alpha value is -2.67. The van der Waals surface area contributed by atoms with Crippen molar-refractivity contribution in [2.75, 3.05) is 11.4 Å². The highest BCUT2D eigenvalue weighted by atomic mass is 35.5. The minimum atomic E-state index is -0.864. The number of halogens is 2. The third-order valence-corrected chi connectivity index (χ3v) is 6.45. The van der Waals surface area contributed by atoms with Crippen molar-refractivity contribution in [3.05, 3.63) is 86.5 Å². The molecule has 0 radical (unpaired) electrons. The summed E-state index contributed by atoms with van der Waals surface area (Å²) in [6.45, 7) is 0.287. The summed E-state index contributed by atoms with van der Waals surface area (Å²) in [5, 5.41) is 2.93. The molecule has 0 bridgehead atoms. The van der Waals surface area contributed by atoms with Crippen LogP contribution in [-0.4, -0.2) is 35.2 Å². The van der Waals surface area contributed by atoms with Crippen molar-refractivity contribution in [1.82, 2.24) is 4.90 Å². The highest BCUT2D eigenvalue weighted by Crippen LogP contribution is 2.28. The molecule has 3 aromatic rings. The molecule has 1 aromatic heterocycles. The van der Waals surface area contributed by atoms with E-state index in [1.165, 1.54) is 16.2 Å². The van der Waals surface area contributed by atoms with E-state index < -0.39 is 11.9 Å². The standard InChI is InChI=1S/C23H18Cl2N2O3S/c24-16-6-8-18(9-7-16)27-21(28)14-19(22(27)29)26(23(30)20-5-2-12-31-20)11-10-15-3-1-4-17(25)13-15/h1-9,12-13,19H,10-11,14H2. The van der Waals surface area contributed by atoms with E-state index in [4.69, 9.17) is 23.2 Å². The molecular formula is C23H18Cl2N2O3S. The first-order chi connectivity index (χ1) is 14.9. The number of imide groups is 1. The SMILES string of the molecule is O=C1CC(N(CCc2cccc(Cl)c2)C(=O)c2cccs2)C(=O)N1c1ccc(Cl)cc1. The summed E-state index contributed by atoms with van der Waals surface area (Å²) in [6.07, 6.45) is 0.449. The van der Waals surface area contributed by atoms with Gasteiger partial charge in [-0.2, -0.15) is 0 Å². The molecule has 3 amide bonds. The van der Waals surface area contributed by atoms with Crippen LogP contribution in [0.2, 0.25) is 10.0 Å². The zero-order valence-corrected chi connectivity index (χ0v) is 18.7. The molecule has 158 valence electrons. The molecule has 1 aliphatic rings. The predicted octanol–water partition coefficient (Wildman–Crippen LogP) is 5.07. The van der Waals surface area contributed by atoms with E-state index >= 15 is 0 Å². The molecule has 31 heavy (non-hydrogen) atoms. The maximum absolute atomic E-state index is 13.2. The first-order valence-corrected chi connectivity index (χ1v) is 11.3. The fraction of sp³-hybridized carbons (Fsp3) is 0.174. The summed E-state index contributed by atoms with van der Waals surface area (Å²) in [7, 11) is 0. The fourth-order valence-corrected chi connectivity index (χ4v) is 4.62. The van der Waals surface area contributed by atoms with Crippen LogP contribution in [0.15, 0.2) is 66.0 Å². The van der Waals surface area contributed by atoms with Crippen LogP contribution in [0.25, 0.3) is 0 Å². The Morgan fingerprint density at radius 1 is 1.03 bits per heavy atom. The van der Waals surface area contributed by atoms with Gasteiger partial charge in [-0.1, -0.05) is 41.4 Å². The number of rotatable bonds is 6. The fourth-order valence-electron chi connectivity index (χ4n) is 3.60. The first-order valence-electron chi connectivity index (χ1n) is 9.65. The number of hydrogen-bond acceptors (Lipinski definition) is 4. The number of thiophene rings is 1. The van der Waals surface area contributed by atoms with Crippen molar-refractivity contribution in [2.24, 2.45) is 0 Å². The summed E-state index contributed by atoms with van der Waals surface area (Å²) < 4.78 is 0. The Labute approximate surface area is 193 Å². The van der Waals surface area contributed by atoms with Crippen molar-refractivity contribution >= 4 is 57.9 Å². The van der Waals surface area contributed by atoms with Gasteiger partial charge in [0.25, 0.3) is 11.8 Å². The molecule has 1 unspecified atom stereocenters. The van der Waals surface area contributed by atoms with E-state index in [9.17, 15) is 14.4 Å². The largest absolute Gasteiger partial charge is 0.325 e. The Bertz CT molecular complexity index is 1120. The van der Waals surface area contributed by atoms with E-state index in [1.807, 2.05) is 23.6 Å². The zero-order valence-electron chi connectivity index (χ0n) is 16.3. The number of nitrogens with zero attached hydrogens (tertiary/aromatic N) is 2. The summed E-state index contributed by atoms with van der Waals surface area (Å²) >= 11 is 13.3. The van der Waals surface area contributed by atoms with E-state index in [0.29, 0.717) is 27.0 Å². The van der Waals surface area contributed by atoms with E-state index in [1.54, 1.807) is 42.5 Å². The Morgan fingerprint density at radius 2 is 1.81 bits per heavy atom. The van der Waals surface area contributed by atoms with Crippen molar-refractivity contribution in [1.29, 1.82) is 0 Å². The Kier molecular flexibility index (Phi) is 6.41. The highest BCUT2D eigenvalue weighted by Gasteiger charge is 2.44. The minimum Gasteiger partial charge on any atom is -0.325 e. The highest BCUT2D eigenvalue weighted by molar-refractivity contribution is 7.12. The molecule has 0 N–H and O–H groups in total. The second-order valence-electron chi connectivity index (χ2n) is 7.12. The lowest BCUT2D eigenvalue weighted by atomic mass is 10.1. The van der Waals surface area contributed by atoms with Gasteiger partial charge in [0.15, 0.2) is 0 Å². The Balaban J connectivity index is 1.61. The number of amides is 3. The van der Waals surface area contributed by atoms with Gasteiger partial charge in [-0.3, -0.25) is 14.4 Å². The molecule has 0 saturated carbocycles. The molecular weight excluding hydrogens is 455 g/mol. The van der Waals surface area contributed by atoms with Gasteiger partial charge in [0.1, 0.15) is 6.04 Å². The van der Waals surface area contributed by atoms with Gasteiger partial charge in [-0.25, -0.2) is 4.90 Å². The molecule has 1 aliphatic heterocycles. The summed E-state index contributed by atoms with van der Waals surface area (Å²) in [5.74, 6) is -1.02. The van der Waals surface area contributed by atoms with E-state index in [-0.39, 0.29) is 24.8 Å². The topological polar surface area (TPSA) is 57.7 Å². The Morgan fingerprint density at radius 3 is 2.48 bits per heavy atom. The minimum absolute atomic E-state index is 0.0614. The molecule has 1 atom stereocenters. The van der Waals surface area contributed by atoms with Crippen molar-refractivity contribution in [3.63, 3.8) is 0 Å². The van der Waals surface area contributed by atoms with Gasteiger partial charge in [0.05, 0.1) is 17.0 Å². The smallest absolute Gasteiger partial charge is 0.264 e. The second kappa shape index (κ2) is 9.22. The molecule has 4 rings (SSSR count). The number of benzene rings is 2. The van der Waals surface area contributed by atoms with Gasteiger partial charge in [0.2, 0.25) is 5.91 Å². The second-order valence-corrected chi connectivity index (χ2v) is 8.94. The molecule has 0 aliphatic carbocycles. The van der Waals surface area contributed by atoms with E-state index in [2.05, 4.69) is 0 Å². The molecule has 8 heteroatoms. The third kappa shape index (κ3) is 4.66. The number of anilines is 1. The van der Waals surface area contributed by atoms with Crippen LogP contribution in [-0.2, 0) is 16.0 Å². The summed E-state index contributed by atoms with van der Waals surface area (Å²) in [4.78, 5) is 42.4. The zero-order chi connectivity index (χ0) is 22.0. The monoisotopic (exact) mass is 472 g/mol. The van der Waals surface area contributed by atoms with Crippen molar-refractivity contribution in [2.45, 2.75) is 18.9 Å². The van der Waals surface area contributed by atoms with Crippen LogP contribution in [0.1, 0.15) is 21.7 Å². The molecule has 2 heterocycles. The van der Waals surface area contributed by atoms with Crippen molar-refractivity contribution < 1.29 is 14.4 Å². The average Bonchev–Trinajstić information content (AvgIpc) is 3.38. The van der Waals surface area contributed by atoms with Crippen LogP contribution in [0.4, 0.5) is 5.69 Å². The molecule has 2 aromatic carbocycles. The van der Waals surface area contributed by atoms with Gasteiger partial charge in [-0.05, 0) is 59.8 Å².